The fourth-order valence-corrected chi connectivity index (χ4v) is 5.25. The van der Waals surface area contributed by atoms with E-state index in [1.165, 1.54) is 16.3 Å². The maximum Gasteiger partial charge on any atom is 0.157 e. The van der Waals surface area contributed by atoms with E-state index in [4.69, 9.17) is 4.98 Å². The van der Waals surface area contributed by atoms with Gasteiger partial charge >= 0.3 is 0 Å². The van der Waals surface area contributed by atoms with E-state index in [1.807, 2.05) is 25.1 Å². The second-order valence-corrected chi connectivity index (χ2v) is 8.98. The molecule has 2 aromatic heterocycles. The van der Waals surface area contributed by atoms with Gasteiger partial charge in [-0.2, -0.15) is 5.26 Å². The minimum atomic E-state index is 0.662. The molecule has 5 nitrogen and oxygen atoms in total. The number of imidazole rings is 1. The second kappa shape index (κ2) is 7.91. The van der Waals surface area contributed by atoms with E-state index in [0.29, 0.717) is 5.56 Å². The number of nitrogens with zero attached hydrogens (tertiary/aromatic N) is 4. The molecule has 5 aromatic rings. The Hall–Kier alpha value is -3.88. The Morgan fingerprint density at radius 1 is 0.970 bits per heavy atom. The number of piperazine rings is 1. The van der Waals surface area contributed by atoms with Crippen molar-refractivity contribution >= 4 is 33.3 Å². The number of quaternary nitrogens is 1. The first-order valence-corrected chi connectivity index (χ1v) is 11.6. The van der Waals surface area contributed by atoms with E-state index < -0.39 is 0 Å². The van der Waals surface area contributed by atoms with Crippen molar-refractivity contribution in [2.75, 3.05) is 31.1 Å². The van der Waals surface area contributed by atoms with Crippen LogP contribution in [-0.2, 0) is 6.54 Å². The number of aryl methyl sites for hydroxylation is 1. The normalized spacial score (nSPS) is 14.8. The molecular formula is C28H26N5+. The third kappa shape index (κ3) is 3.31. The molecule has 3 aromatic carbocycles. The molecule has 1 aliphatic heterocycles. The largest absolute Gasteiger partial charge is 0.346 e. The molecular weight excluding hydrogens is 406 g/mol. The Morgan fingerprint density at radius 3 is 2.58 bits per heavy atom. The van der Waals surface area contributed by atoms with E-state index in [1.54, 1.807) is 4.90 Å². The smallest absolute Gasteiger partial charge is 0.157 e. The van der Waals surface area contributed by atoms with Crippen molar-refractivity contribution in [3.63, 3.8) is 0 Å². The van der Waals surface area contributed by atoms with Crippen LogP contribution in [0.25, 0.3) is 27.5 Å². The van der Waals surface area contributed by atoms with Gasteiger partial charge in [0, 0.05) is 5.56 Å². The van der Waals surface area contributed by atoms with Crippen LogP contribution in [0.1, 0.15) is 16.7 Å². The van der Waals surface area contributed by atoms with Gasteiger partial charge in [-0.15, -0.1) is 0 Å². The number of hydrogen-bond acceptors (Lipinski definition) is 3. The van der Waals surface area contributed by atoms with Gasteiger partial charge in [0.05, 0.1) is 42.8 Å². The quantitative estimate of drug-likeness (QED) is 0.473. The van der Waals surface area contributed by atoms with Crippen LogP contribution in [0.4, 0.5) is 5.82 Å². The molecule has 0 atom stereocenters. The predicted molar refractivity (Wildman–Crippen MR) is 133 cm³/mol. The lowest BCUT2D eigenvalue weighted by molar-refractivity contribution is -0.914. The zero-order chi connectivity index (χ0) is 22.4. The van der Waals surface area contributed by atoms with E-state index in [0.717, 1.165) is 60.8 Å². The fraction of sp³-hybridized carbons (Fsp3) is 0.214. The summed E-state index contributed by atoms with van der Waals surface area (Å²) in [4.78, 5) is 8.88. The molecule has 0 aliphatic carbocycles. The second-order valence-electron chi connectivity index (χ2n) is 8.98. The summed E-state index contributed by atoms with van der Waals surface area (Å²) in [6, 6.07) is 28.0. The van der Waals surface area contributed by atoms with Gasteiger partial charge in [0.25, 0.3) is 0 Å². The number of nitriles is 1. The van der Waals surface area contributed by atoms with E-state index in [-0.39, 0.29) is 0 Å². The van der Waals surface area contributed by atoms with Crippen molar-refractivity contribution in [1.29, 1.82) is 5.26 Å². The van der Waals surface area contributed by atoms with Crippen molar-refractivity contribution in [3.05, 3.63) is 89.5 Å². The molecule has 6 rings (SSSR count). The Labute approximate surface area is 193 Å². The number of nitrogens with one attached hydrogen (secondary N) is 1. The molecule has 3 heterocycles. The van der Waals surface area contributed by atoms with Crippen LogP contribution >= 0.6 is 0 Å². The minimum Gasteiger partial charge on any atom is -0.346 e. The first-order chi connectivity index (χ1) is 16.2. The summed E-state index contributed by atoms with van der Waals surface area (Å²) in [6.07, 6.45) is 0. The monoisotopic (exact) mass is 432 g/mol. The van der Waals surface area contributed by atoms with Crippen molar-refractivity contribution in [2.24, 2.45) is 0 Å². The third-order valence-electron chi connectivity index (χ3n) is 6.98. The van der Waals surface area contributed by atoms with Gasteiger partial charge < -0.3 is 9.80 Å². The summed E-state index contributed by atoms with van der Waals surface area (Å²) in [6.45, 7) is 7.18. The van der Waals surface area contributed by atoms with Gasteiger partial charge in [-0.1, -0.05) is 54.6 Å². The molecule has 0 bridgehead atoms. The van der Waals surface area contributed by atoms with Crippen molar-refractivity contribution in [2.45, 2.75) is 13.5 Å². The zero-order valence-corrected chi connectivity index (χ0v) is 18.8. The number of pyridine rings is 1. The molecule has 162 valence electrons. The number of hydrogen-bond donors (Lipinski definition) is 1. The maximum absolute atomic E-state index is 9.77. The van der Waals surface area contributed by atoms with Crippen LogP contribution < -0.4 is 9.80 Å². The van der Waals surface area contributed by atoms with Gasteiger partial charge in [-0.3, -0.25) is 4.40 Å². The van der Waals surface area contributed by atoms with Crippen molar-refractivity contribution < 1.29 is 4.90 Å². The van der Waals surface area contributed by atoms with Gasteiger partial charge in [0.2, 0.25) is 0 Å². The van der Waals surface area contributed by atoms with Gasteiger partial charge in [0.15, 0.2) is 5.65 Å². The number of fused-ring (bicyclic) bond motifs is 4. The average Bonchev–Trinajstić information content (AvgIpc) is 3.24. The topological polar surface area (TPSA) is 48.8 Å². The zero-order valence-electron chi connectivity index (χ0n) is 18.8. The summed E-state index contributed by atoms with van der Waals surface area (Å²) < 4.78 is 2.18. The molecule has 0 amide bonds. The first kappa shape index (κ1) is 19.8. The van der Waals surface area contributed by atoms with Gasteiger partial charge in [-0.05, 0) is 41.5 Å². The SMILES string of the molecule is Cc1cc(N2CC[NH+](Cc3cccc4ccccc34)CC2)n2c(nc3ccccc32)c1C#N. The highest BCUT2D eigenvalue weighted by atomic mass is 15.3. The lowest BCUT2D eigenvalue weighted by Gasteiger charge is -2.34. The lowest BCUT2D eigenvalue weighted by atomic mass is 10.0. The fourth-order valence-electron chi connectivity index (χ4n) is 5.25. The van der Waals surface area contributed by atoms with Crippen LogP contribution in [0, 0.1) is 18.3 Å². The molecule has 5 heteroatoms. The Morgan fingerprint density at radius 2 is 1.73 bits per heavy atom. The number of aromatic nitrogens is 2. The Kier molecular flexibility index (Phi) is 4.74. The molecule has 0 radical (unpaired) electrons. The Balaban J connectivity index is 1.31. The average molecular weight is 433 g/mol. The first-order valence-electron chi connectivity index (χ1n) is 11.6. The van der Waals surface area contributed by atoms with Crippen LogP contribution in [-0.4, -0.2) is 35.6 Å². The standard InChI is InChI=1S/C28H25N5/c1-20-17-27(33-26-12-5-4-11-25(26)30-28(33)24(20)18-29)32-15-13-31(14-16-32)19-22-9-6-8-21-7-2-3-10-23(21)22/h2-12,17H,13-16,19H2,1H3/p+1. The number of para-hydroxylation sites is 2. The number of benzene rings is 3. The summed E-state index contributed by atoms with van der Waals surface area (Å²) >= 11 is 0. The summed E-state index contributed by atoms with van der Waals surface area (Å²) in [7, 11) is 0. The summed E-state index contributed by atoms with van der Waals surface area (Å²) in [5, 5.41) is 12.5. The number of rotatable bonds is 3. The van der Waals surface area contributed by atoms with Crippen LogP contribution in [0.2, 0.25) is 0 Å². The maximum atomic E-state index is 9.77. The van der Waals surface area contributed by atoms with Gasteiger partial charge in [0.1, 0.15) is 18.4 Å². The van der Waals surface area contributed by atoms with Crippen LogP contribution in [0.15, 0.2) is 72.8 Å². The molecule has 1 aliphatic rings. The highest BCUT2D eigenvalue weighted by molar-refractivity contribution is 5.86. The van der Waals surface area contributed by atoms with Crippen LogP contribution in [0.3, 0.4) is 0 Å². The minimum absolute atomic E-state index is 0.662. The predicted octanol–water partition coefficient (Wildman–Crippen LogP) is 3.73. The van der Waals surface area contributed by atoms with E-state index in [2.05, 4.69) is 70.0 Å². The Bertz CT molecular complexity index is 1530. The number of anilines is 1. The molecule has 1 N–H and O–H groups in total. The molecule has 33 heavy (non-hydrogen) atoms. The molecule has 1 saturated heterocycles. The molecule has 0 unspecified atom stereocenters. The summed E-state index contributed by atoms with van der Waals surface area (Å²) in [5.41, 5.74) is 5.83. The summed E-state index contributed by atoms with van der Waals surface area (Å²) in [5.74, 6) is 1.14. The molecule has 0 saturated carbocycles. The highest BCUT2D eigenvalue weighted by Crippen LogP contribution is 2.28. The lowest BCUT2D eigenvalue weighted by Crippen LogP contribution is -3.13. The molecule has 1 fully saturated rings. The highest BCUT2D eigenvalue weighted by Gasteiger charge is 2.25. The molecule has 0 spiro atoms. The van der Waals surface area contributed by atoms with E-state index in [9.17, 15) is 5.26 Å². The van der Waals surface area contributed by atoms with E-state index >= 15 is 0 Å². The third-order valence-corrected chi connectivity index (χ3v) is 6.98. The van der Waals surface area contributed by atoms with Gasteiger partial charge in [-0.25, -0.2) is 4.98 Å². The van der Waals surface area contributed by atoms with Crippen molar-refractivity contribution in [3.8, 4) is 6.07 Å². The van der Waals surface area contributed by atoms with Crippen molar-refractivity contribution in [1.82, 2.24) is 9.38 Å². The van der Waals surface area contributed by atoms with Crippen LogP contribution in [0.5, 0.6) is 0 Å².